The summed E-state index contributed by atoms with van der Waals surface area (Å²) in [4.78, 5) is 27.6. The second-order valence-corrected chi connectivity index (χ2v) is 5.80. The molecule has 2 amide bonds. The third-order valence-corrected chi connectivity index (χ3v) is 4.37. The van der Waals surface area contributed by atoms with Gasteiger partial charge in [-0.1, -0.05) is 0 Å². The van der Waals surface area contributed by atoms with Crippen LogP contribution in [0.25, 0.3) is 0 Å². The summed E-state index contributed by atoms with van der Waals surface area (Å²) in [5.74, 6) is 0.541. The van der Waals surface area contributed by atoms with Gasteiger partial charge in [0.15, 0.2) is 0 Å². The molecule has 19 heavy (non-hydrogen) atoms. The van der Waals surface area contributed by atoms with Crippen LogP contribution < -0.4 is 5.73 Å². The van der Waals surface area contributed by atoms with Crippen molar-refractivity contribution >= 4 is 11.8 Å². The van der Waals surface area contributed by atoms with E-state index in [1.54, 1.807) is 6.92 Å². The van der Waals surface area contributed by atoms with Gasteiger partial charge in [-0.3, -0.25) is 9.59 Å². The fourth-order valence-electron chi connectivity index (χ4n) is 3.08. The molecule has 0 spiro atoms. The Kier molecular flexibility index (Phi) is 4.80. The molecule has 0 aromatic heterocycles. The molecular weight excluding hydrogens is 242 g/mol. The molecule has 0 unspecified atom stereocenters. The van der Waals surface area contributed by atoms with Crippen molar-refractivity contribution in [2.24, 2.45) is 11.7 Å². The maximum absolute atomic E-state index is 12.5. The van der Waals surface area contributed by atoms with Crippen LogP contribution in [0.4, 0.5) is 0 Å². The first-order chi connectivity index (χ1) is 9.08. The highest BCUT2D eigenvalue weighted by atomic mass is 16.2. The number of hydrogen-bond acceptors (Lipinski definition) is 3. The molecule has 2 N–H and O–H groups in total. The summed E-state index contributed by atoms with van der Waals surface area (Å²) >= 11 is 0. The summed E-state index contributed by atoms with van der Waals surface area (Å²) in [6.45, 7) is 4.51. The molecule has 0 bridgehead atoms. The highest BCUT2D eigenvalue weighted by molar-refractivity contribution is 5.79. The highest BCUT2D eigenvalue weighted by Gasteiger charge is 2.29. The predicted molar refractivity (Wildman–Crippen MR) is 73.4 cm³/mol. The maximum Gasteiger partial charge on any atom is 0.225 e. The van der Waals surface area contributed by atoms with Crippen LogP contribution in [0.15, 0.2) is 0 Å². The first-order valence-electron chi connectivity index (χ1n) is 7.38. The average molecular weight is 267 g/mol. The van der Waals surface area contributed by atoms with E-state index in [4.69, 9.17) is 5.73 Å². The topological polar surface area (TPSA) is 66.6 Å². The van der Waals surface area contributed by atoms with E-state index < -0.39 is 0 Å². The number of hydrogen-bond donors (Lipinski definition) is 1. The van der Waals surface area contributed by atoms with Gasteiger partial charge in [-0.2, -0.15) is 0 Å². The SMILES string of the molecule is CC(=O)N1CCCN(C(=O)C2CCC(N)CC2)CC1. The third kappa shape index (κ3) is 3.69. The maximum atomic E-state index is 12.5. The second-order valence-electron chi connectivity index (χ2n) is 5.80. The molecule has 1 aliphatic carbocycles. The van der Waals surface area contributed by atoms with Crippen molar-refractivity contribution in [1.29, 1.82) is 0 Å². The Morgan fingerprint density at radius 3 is 2.16 bits per heavy atom. The fourth-order valence-corrected chi connectivity index (χ4v) is 3.08. The summed E-state index contributed by atoms with van der Waals surface area (Å²) in [5.41, 5.74) is 5.88. The zero-order valence-corrected chi connectivity index (χ0v) is 11.8. The Hall–Kier alpha value is -1.10. The van der Waals surface area contributed by atoms with Crippen molar-refractivity contribution in [3.63, 3.8) is 0 Å². The van der Waals surface area contributed by atoms with Crippen molar-refractivity contribution in [3.8, 4) is 0 Å². The minimum absolute atomic E-state index is 0.109. The van der Waals surface area contributed by atoms with Crippen molar-refractivity contribution in [1.82, 2.24) is 9.80 Å². The van der Waals surface area contributed by atoms with Gasteiger partial charge < -0.3 is 15.5 Å². The largest absolute Gasteiger partial charge is 0.341 e. The number of rotatable bonds is 1. The standard InChI is InChI=1S/C14H25N3O2/c1-11(18)16-7-2-8-17(10-9-16)14(19)12-3-5-13(15)6-4-12/h12-13H,2-10,15H2,1H3. The lowest BCUT2D eigenvalue weighted by Crippen LogP contribution is -2.41. The van der Waals surface area contributed by atoms with Gasteiger partial charge >= 0.3 is 0 Å². The second kappa shape index (κ2) is 6.37. The Morgan fingerprint density at radius 1 is 0.947 bits per heavy atom. The number of nitrogens with zero attached hydrogens (tertiary/aromatic N) is 2. The normalized spacial score (nSPS) is 28.9. The summed E-state index contributed by atoms with van der Waals surface area (Å²) in [6, 6.07) is 0.279. The van der Waals surface area contributed by atoms with Crippen LogP contribution in [0.5, 0.6) is 0 Å². The van der Waals surface area contributed by atoms with Crippen LogP contribution in [0.1, 0.15) is 39.0 Å². The molecule has 1 saturated heterocycles. The lowest BCUT2D eigenvalue weighted by Gasteiger charge is -2.30. The van der Waals surface area contributed by atoms with E-state index in [-0.39, 0.29) is 23.8 Å². The lowest BCUT2D eigenvalue weighted by molar-refractivity contribution is -0.137. The van der Waals surface area contributed by atoms with E-state index in [0.29, 0.717) is 13.1 Å². The molecule has 5 heteroatoms. The number of carbonyl (C=O) groups excluding carboxylic acids is 2. The Morgan fingerprint density at radius 2 is 1.53 bits per heavy atom. The van der Waals surface area contributed by atoms with Crippen LogP contribution in [0.2, 0.25) is 0 Å². The monoisotopic (exact) mass is 267 g/mol. The molecule has 5 nitrogen and oxygen atoms in total. The van der Waals surface area contributed by atoms with Gasteiger partial charge in [0.25, 0.3) is 0 Å². The van der Waals surface area contributed by atoms with Gasteiger partial charge in [0.2, 0.25) is 11.8 Å². The zero-order chi connectivity index (χ0) is 13.8. The van der Waals surface area contributed by atoms with Crippen molar-refractivity contribution < 1.29 is 9.59 Å². The first kappa shape index (κ1) is 14.3. The van der Waals surface area contributed by atoms with Gasteiger partial charge in [-0.25, -0.2) is 0 Å². The first-order valence-corrected chi connectivity index (χ1v) is 7.38. The average Bonchev–Trinajstić information content (AvgIpc) is 2.64. The molecular formula is C14H25N3O2. The van der Waals surface area contributed by atoms with Crippen LogP contribution in [-0.2, 0) is 9.59 Å². The smallest absolute Gasteiger partial charge is 0.225 e. The Labute approximate surface area is 115 Å². The van der Waals surface area contributed by atoms with E-state index >= 15 is 0 Å². The van der Waals surface area contributed by atoms with E-state index in [1.807, 2.05) is 9.80 Å². The van der Waals surface area contributed by atoms with Crippen LogP contribution in [0, 0.1) is 5.92 Å². The zero-order valence-electron chi connectivity index (χ0n) is 11.8. The van der Waals surface area contributed by atoms with Crippen LogP contribution in [-0.4, -0.2) is 53.8 Å². The fraction of sp³-hybridized carbons (Fsp3) is 0.857. The molecule has 0 radical (unpaired) electrons. The minimum Gasteiger partial charge on any atom is -0.341 e. The van der Waals surface area contributed by atoms with E-state index in [0.717, 1.165) is 45.2 Å². The van der Waals surface area contributed by atoms with E-state index in [2.05, 4.69) is 0 Å². The van der Waals surface area contributed by atoms with Gasteiger partial charge in [-0.05, 0) is 32.1 Å². The van der Waals surface area contributed by atoms with Gasteiger partial charge in [-0.15, -0.1) is 0 Å². The minimum atomic E-state index is 0.109. The van der Waals surface area contributed by atoms with Crippen molar-refractivity contribution in [2.75, 3.05) is 26.2 Å². The van der Waals surface area contributed by atoms with E-state index in [9.17, 15) is 9.59 Å². The number of nitrogens with two attached hydrogens (primary N) is 1. The molecule has 0 atom stereocenters. The molecule has 1 aliphatic heterocycles. The molecule has 1 saturated carbocycles. The Balaban J connectivity index is 1.87. The van der Waals surface area contributed by atoms with E-state index in [1.165, 1.54) is 0 Å². The molecule has 2 fully saturated rings. The predicted octanol–water partition coefficient (Wildman–Crippen LogP) is 0.585. The quantitative estimate of drug-likeness (QED) is 0.756. The van der Waals surface area contributed by atoms with Gasteiger partial charge in [0, 0.05) is 45.1 Å². The lowest BCUT2D eigenvalue weighted by atomic mass is 9.85. The van der Waals surface area contributed by atoms with Gasteiger partial charge in [0.1, 0.15) is 0 Å². The summed E-state index contributed by atoms with van der Waals surface area (Å²) < 4.78 is 0. The molecule has 2 rings (SSSR count). The van der Waals surface area contributed by atoms with Crippen molar-refractivity contribution in [3.05, 3.63) is 0 Å². The molecule has 1 heterocycles. The summed E-state index contributed by atoms with van der Waals surface area (Å²) in [7, 11) is 0. The number of amides is 2. The van der Waals surface area contributed by atoms with Gasteiger partial charge in [0.05, 0.1) is 0 Å². The molecule has 0 aromatic rings. The highest BCUT2D eigenvalue weighted by Crippen LogP contribution is 2.25. The van der Waals surface area contributed by atoms with Crippen molar-refractivity contribution in [2.45, 2.75) is 45.1 Å². The summed E-state index contributed by atoms with van der Waals surface area (Å²) in [6.07, 6.45) is 4.66. The van der Waals surface area contributed by atoms with Crippen LogP contribution in [0.3, 0.4) is 0 Å². The molecule has 108 valence electrons. The number of carbonyl (C=O) groups is 2. The third-order valence-electron chi connectivity index (χ3n) is 4.37. The molecule has 0 aromatic carbocycles. The summed E-state index contributed by atoms with van der Waals surface area (Å²) in [5, 5.41) is 0. The Bertz CT molecular complexity index is 338. The van der Waals surface area contributed by atoms with Crippen LogP contribution >= 0.6 is 0 Å². The molecule has 2 aliphatic rings.